The van der Waals surface area contributed by atoms with Crippen molar-refractivity contribution in [3.05, 3.63) is 33.7 Å². The summed E-state index contributed by atoms with van der Waals surface area (Å²) in [6, 6.07) is 3.72. The van der Waals surface area contributed by atoms with Crippen LogP contribution in [0.15, 0.2) is 16.6 Å². The maximum Gasteiger partial charge on any atom is 0.166 e. The molecule has 0 unspecified atom stereocenters. The molecule has 19 heavy (non-hydrogen) atoms. The van der Waals surface area contributed by atoms with E-state index in [0.29, 0.717) is 18.2 Å². The summed E-state index contributed by atoms with van der Waals surface area (Å²) < 4.78 is 8.63. The third-order valence-corrected chi connectivity index (χ3v) is 3.87. The van der Waals surface area contributed by atoms with Crippen LogP contribution in [-0.2, 0) is 13.2 Å². The van der Waals surface area contributed by atoms with E-state index in [9.17, 15) is 0 Å². The number of hydrogen-bond donors (Lipinski definition) is 1. The fourth-order valence-electron chi connectivity index (χ4n) is 1.84. The van der Waals surface area contributed by atoms with Gasteiger partial charge >= 0.3 is 0 Å². The van der Waals surface area contributed by atoms with Crippen LogP contribution in [-0.4, -0.2) is 14.8 Å². The zero-order valence-corrected chi connectivity index (χ0v) is 12.9. The lowest BCUT2D eigenvalue weighted by Gasteiger charge is -2.10. The van der Waals surface area contributed by atoms with Crippen molar-refractivity contribution in [1.82, 2.24) is 14.8 Å². The number of pyridine rings is 1. The maximum absolute atomic E-state index is 5.83. The van der Waals surface area contributed by atoms with E-state index >= 15 is 0 Å². The van der Waals surface area contributed by atoms with Crippen molar-refractivity contribution < 1.29 is 4.74 Å². The Morgan fingerprint density at radius 2 is 2.11 bits per heavy atom. The number of ether oxygens (including phenoxy) is 1. The molecule has 6 heteroatoms. The standard InChI is InChI=1S/C13H17BrN4O/c1-4-18-10(12(14)9(3)17-18)7-19-11-6-5-8(2)16-13(11)15/h5-6H,4,7H2,1-3H3,(H2,15,16). The molecular formula is C13H17BrN4O. The molecule has 0 radical (unpaired) electrons. The van der Waals surface area contributed by atoms with E-state index in [0.717, 1.165) is 28.1 Å². The van der Waals surface area contributed by atoms with Crippen LogP contribution in [0.2, 0.25) is 0 Å². The Kier molecular flexibility index (Phi) is 4.09. The summed E-state index contributed by atoms with van der Waals surface area (Å²) in [5.74, 6) is 1.01. The zero-order valence-electron chi connectivity index (χ0n) is 11.3. The van der Waals surface area contributed by atoms with Crippen LogP contribution in [0.25, 0.3) is 0 Å². The van der Waals surface area contributed by atoms with Gasteiger partial charge in [0.05, 0.1) is 15.9 Å². The van der Waals surface area contributed by atoms with Crippen LogP contribution < -0.4 is 10.5 Å². The number of rotatable bonds is 4. The third kappa shape index (κ3) is 2.89. The van der Waals surface area contributed by atoms with E-state index in [1.807, 2.05) is 37.6 Å². The zero-order chi connectivity index (χ0) is 14.0. The molecule has 0 amide bonds. The highest BCUT2D eigenvalue weighted by Crippen LogP contribution is 2.25. The molecule has 2 aromatic heterocycles. The Labute approximate surface area is 120 Å². The molecular weight excluding hydrogens is 308 g/mol. The number of aryl methyl sites for hydroxylation is 3. The van der Waals surface area contributed by atoms with E-state index in [2.05, 4.69) is 26.0 Å². The van der Waals surface area contributed by atoms with Crippen molar-refractivity contribution in [2.24, 2.45) is 0 Å². The fourth-order valence-corrected chi connectivity index (χ4v) is 2.24. The number of aromatic nitrogens is 3. The van der Waals surface area contributed by atoms with Crippen molar-refractivity contribution >= 4 is 21.7 Å². The molecule has 2 rings (SSSR count). The van der Waals surface area contributed by atoms with Gasteiger partial charge in [0.2, 0.25) is 0 Å². The summed E-state index contributed by atoms with van der Waals surface area (Å²) in [6.45, 7) is 7.11. The average Bonchev–Trinajstić information content (AvgIpc) is 2.65. The maximum atomic E-state index is 5.83. The normalized spacial score (nSPS) is 10.7. The third-order valence-electron chi connectivity index (χ3n) is 2.84. The molecule has 2 heterocycles. The van der Waals surface area contributed by atoms with Crippen LogP contribution in [0.1, 0.15) is 24.0 Å². The van der Waals surface area contributed by atoms with Crippen LogP contribution >= 0.6 is 15.9 Å². The molecule has 0 spiro atoms. The number of nitrogen functional groups attached to an aromatic ring is 1. The molecule has 0 atom stereocenters. The SMILES string of the molecule is CCn1nc(C)c(Br)c1COc1ccc(C)nc1N. The minimum atomic E-state index is 0.407. The molecule has 0 bridgehead atoms. The molecule has 0 saturated carbocycles. The van der Waals surface area contributed by atoms with Crippen LogP contribution in [0, 0.1) is 13.8 Å². The molecule has 2 aromatic rings. The van der Waals surface area contributed by atoms with Crippen LogP contribution in [0.5, 0.6) is 5.75 Å². The summed E-state index contributed by atoms with van der Waals surface area (Å²) in [6.07, 6.45) is 0. The minimum absolute atomic E-state index is 0.407. The predicted molar refractivity (Wildman–Crippen MR) is 78.1 cm³/mol. The van der Waals surface area contributed by atoms with Gasteiger partial charge in [0.1, 0.15) is 6.61 Å². The van der Waals surface area contributed by atoms with Crippen molar-refractivity contribution in [3.8, 4) is 5.75 Å². The second-order valence-electron chi connectivity index (χ2n) is 4.29. The number of nitrogens with zero attached hydrogens (tertiary/aromatic N) is 3. The highest BCUT2D eigenvalue weighted by Gasteiger charge is 2.13. The Morgan fingerprint density at radius 3 is 2.74 bits per heavy atom. The Hall–Kier alpha value is -1.56. The van der Waals surface area contributed by atoms with E-state index in [4.69, 9.17) is 10.5 Å². The van der Waals surface area contributed by atoms with Crippen molar-refractivity contribution in [2.45, 2.75) is 33.9 Å². The second-order valence-corrected chi connectivity index (χ2v) is 5.08. The lowest BCUT2D eigenvalue weighted by Crippen LogP contribution is -2.08. The number of anilines is 1. The van der Waals surface area contributed by atoms with Crippen molar-refractivity contribution in [2.75, 3.05) is 5.73 Å². The lowest BCUT2D eigenvalue weighted by atomic mass is 10.3. The molecule has 0 aliphatic rings. The molecule has 2 N–H and O–H groups in total. The van der Waals surface area contributed by atoms with Gasteiger partial charge in [-0.25, -0.2) is 4.98 Å². The van der Waals surface area contributed by atoms with Gasteiger partial charge in [-0.2, -0.15) is 5.10 Å². The quantitative estimate of drug-likeness (QED) is 0.939. The first-order valence-electron chi connectivity index (χ1n) is 6.10. The predicted octanol–water partition coefficient (Wildman–Crippen LogP) is 2.84. The summed E-state index contributed by atoms with van der Waals surface area (Å²) in [5.41, 5.74) is 8.66. The van der Waals surface area contributed by atoms with Crippen molar-refractivity contribution in [1.29, 1.82) is 0 Å². The Balaban J connectivity index is 2.18. The first kappa shape index (κ1) is 13.9. The van der Waals surface area contributed by atoms with Crippen LogP contribution in [0.4, 0.5) is 5.82 Å². The summed E-state index contributed by atoms with van der Waals surface area (Å²) in [4.78, 5) is 4.17. The van der Waals surface area contributed by atoms with E-state index < -0.39 is 0 Å². The monoisotopic (exact) mass is 324 g/mol. The van der Waals surface area contributed by atoms with Gasteiger partial charge in [0.15, 0.2) is 11.6 Å². The molecule has 0 aliphatic carbocycles. The minimum Gasteiger partial charge on any atom is -0.483 e. The van der Waals surface area contributed by atoms with E-state index in [1.165, 1.54) is 0 Å². The van der Waals surface area contributed by atoms with Crippen LogP contribution in [0.3, 0.4) is 0 Å². The smallest absolute Gasteiger partial charge is 0.166 e. The van der Waals surface area contributed by atoms with Gasteiger partial charge < -0.3 is 10.5 Å². The molecule has 0 aliphatic heterocycles. The van der Waals surface area contributed by atoms with Gasteiger partial charge in [0.25, 0.3) is 0 Å². The summed E-state index contributed by atoms with van der Waals surface area (Å²) in [5, 5.41) is 4.42. The van der Waals surface area contributed by atoms with Gasteiger partial charge in [-0.15, -0.1) is 0 Å². The highest BCUT2D eigenvalue weighted by atomic mass is 79.9. The first-order valence-corrected chi connectivity index (χ1v) is 6.90. The number of nitrogens with two attached hydrogens (primary N) is 1. The molecule has 102 valence electrons. The Morgan fingerprint density at radius 1 is 1.37 bits per heavy atom. The molecule has 5 nitrogen and oxygen atoms in total. The lowest BCUT2D eigenvalue weighted by molar-refractivity contribution is 0.292. The number of halogens is 1. The molecule has 0 aromatic carbocycles. The fraction of sp³-hybridized carbons (Fsp3) is 0.385. The van der Waals surface area contributed by atoms with E-state index in [1.54, 1.807) is 0 Å². The van der Waals surface area contributed by atoms with Gasteiger partial charge in [-0.05, 0) is 48.8 Å². The van der Waals surface area contributed by atoms with Gasteiger partial charge in [-0.3, -0.25) is 4.68 Å². The number of hydrogen-bond acceptors (Lipinski definition) is 4. The summed E-state index contributed by atoms with van der Waals surface area (Å²) >= 11 is 3.54. The Bertz CT molecular complexity index is 595. The second kappa shape index (κ2) is 5.61. The van der Waals surface area contributed by atoms with Gasteiger partial charge in [-0.1, -0.05) is 0 Å². The van der Waals surface area contributed by atoms with Gasteiger partial charge in [0, 0.05) is 12.2 Å². The largest absolute Gasteiger partial charge is 0.483 e. The first-order chi connectivity index (χ1) is 9.02. The summed E-state index contributed by atoms with van der Waals surface area (Å²) in [7, 11) is 0. The topological polar surface area (TPSA) is 66.0 Å². The van der Waals surface area contributed by atoms with E-state index in [-0.39, 0.29) is 0 Å². The molecule has 0 fully saturated rings. The van der Waals surface area contributed by atoms with Crippen molar-refractivity contribution in [3.63, 3.8) is 0 Å². The molecule has 0 saturated heterocycles. The average molecular weight is 325 g/mol. The highest BCUT2D eigenvalue weighted by molar-refractivity contribution is 9.10.